The Labute approximate surface area is 217 Å². The molecule has 0 radical (unpaired) electrons. The van der Waals surface area contributed by atoms with Crippen molar-refractivity contribution >= 4 is 26.7 Å². The first-order valence-corrected chi connectivity index (χ1v) is 14.2. The molecular formula is C28H32FN3O4S. The molecule has 5 rings (SSSR count). The first-order valence-electron chi connectivity index (χ1n) is 12.8. The number of hydrogen-bond donors (Lipinski definition) is 1. The number of amides is 1. The number of morpholine rings is 1. The van der Waals surface area contributed by atoms with Crippen molar-refractivity contribution in [3.05, 3.63) is 78.1 Å². The summed E-state index contributed by atoms with van der Waals surface area (Å²) in [7, 11) is -3.63. The van der Waals surface area contributed by atoms with Crippen LogP contribution in [0.25, 0.3) is 10.8 Å². The molecule has 7 nitrogen and oxygen atoms in total. The van der Waals surface area contributed by atoms with Crippen molar-refractivity contribution in [2.75, 3.05) is 45.9 Å². The molecule has 0 aliphatic carbocycles. The van der Waals surface area contributed by atoms with E-state index >= 15 is 0 Å². The van der Waals surface area contributed by atoms with Crippen molar-refractivity contribution in [3.63, 3.8) is 0 Å². The largest absolute Gasteiger partial charge is 0.379 e. The van der Waals surface area contributed by atoms with Crippen LogP contribution >= 0.6 is 0 Å². The number of halogens is 1. The monoisotopic (exact) mass is 525 g/mol. The van der Waals surface area contributed by atoms with Gasteiger partial charge in [-0.1, -0.05) is 42.5 Å². The Balaban J connectivity index is 1.20. The Kier molecular flexibility index (Phi) is 7.85. The molecule has 0 spiro atoms. The summed E-state index contributed by atoms with van der Waals surface area (Å²) in [5.74, 6) is -0.608. The molecule has 1 amide bonds. The zero-order valence-electron chi connectivity index (χ0n) is 20.7. The molecule has 3 aromatic carbocycles. The van der Waals surface area contributed by atoms with Crippen LogP contribution in [0.2, 0.25) is 0 Å². The molecule has 196 valence electrons. The molecule has 0 unspecified atom stereocenters. The third-order valence-electron chi connectivity index (χ3n) is 7.39. The Morgan fingerprint density at radius 3 is 2.32 bits per heavy atom. The van der Waals surface area contributed by atoms with Gasteiger partial charge >= 0.3 is 0 Å². The van der Waals surface area contributed by atoms with E-state index in [4.69, 9.17) is 4.74 Å². The van der Waals surface area contributed by atoms with E-state index in [1.165, 1.54) is 16.4 Å². The highest BCUT2D eigenvalue weighted by Gasteiger charge is 2.33. The van der Waals surface area contributed by atoms with Gasteiger partial charge in [0.05, 0.1) is 24.2 Å². The molecular weight excluding hydrogens is 493 g/mol. The van der Waals surface area contributed by atoms with Gasteiger partial charge in [0.15, 0.2) is 0 Å². The first kappa shape index (κ1) is 25.8. The Morgan fingerprint density at radius 2 is 1.62 bits per heavy atom. The van der Waals surface area contributed by atoms with Gasteiger partial charge in [0, 0.05) is 38.6 Å². The standard InChI is InChI=1S/C28H32FN3O4S/c29-25-8-5-22(6-9-25)27(31-15-17-36-18-16-31)20-30-28(33)23-11-13-32(14-12-23)37(34,35)26-10-7-21-3-1-2-4-24(21)19-26/h1-10,19,23,27H,11-18,20H2,(H,30,33)/t27-/m0/s1. The van der Waals surface area contributed by atoms with Crippen LogP contribution in [0, 0.1) is 11.7 Å². The summed E-state index contributed by atoms with van der Waals surface area (Å²) in [6, 6.07) is 19.2. The zero-order chi connectivity index (χ0) is 25.8. The lowest BCUT2D eigenvalue weighted by atomic mass is 9.96. The number of carbonyl (C=O) groups is 1. The number of hydrogen-bond acceptors (Lipinski definition) is 5. The number of sulfonamides is 1. The van der Waals surface area contributed by atoms with Crippen LogP contribution < -0.4 is 5.32 Å². The van der Waals surface area contributed by atoms with Gasteiger partial charge in [-0.05, 0) is 53.4 Å². The van der Waals surface area contributed by atoms with Crippen molar-refractivity contribution in [3.8, 4) is 0 Å². The number of rotatable bonds is 7. The molecule has 2 saturated heterocycles. The van der Waals surface area contributed by atoms with Gasteiger partial charge < -0.3 is 10.1 Å². The van der Waals surface area contributed by atoms with E-state index in [1.54, 1.807) is 24.3 Å². The Morgan fingerprint density at radius 1 is 0.946 bits per heavy atom. The van der Waals surface area contributed by atoms with E-state index in [0.29, 0.717) is 45.7 Å². The van der Waals surface area contributed by atoms with Gasteiger partial charge in [-0.2, -0.15) is 4.31 Å². The van der Waals surface area contributed by atoms with Crippen molar-refractivity contribution in [2.45, 2.75) is 23.8 Å². The fourth-order valence-corrected chi connectivity index (χ4v) is 6.71. The highest BCUT2D eigenvalue weighted by Crippen LogP contribution is 2.27. The van der Waals surface area contributed by atoms with E-state index in [-0.39, 0.29) is 28.6 Å². The molecule has 0 saturated carbocycles. The van der Waals surface area contributed by atoms with E-state index < -0.39 is 10.0 Å². The summed E-state index contributed by atoms with van der Waals surface area (Å²) >= 11 is 0. The Hall–Kier alpha value is -2.85. The molecule has 9 heteroatoms. The molecule has 37 heavy (non-hydrogen) atoms. The topological polar surface area (TPSA) is 79.0 Å². The van der Waals surface area contributed by atoms with Crippen LogP contribution in [0.4, 0.5) is 4.39 Å². The van der Waals surface area contributed by atoms with Gasteiger partial charge in [-0.15, -0.1) is 0 Å². The van der Waals surface area contributed by atoms with Crippen LogP contribution in [-0.4, -0.2) is 69.5 Å². The van der Waals surface area contributed by atoms with Gasteiger partial charge in [-0.25, -0.2) is 12.8 Å². The second-order valence-corrected chi connectivity index (χ2v) is 11.6. The number of fused-ring (bicyclic) bond motifs is 1. The summed E-state index contributed by atoms with van der Waals surface area (Å²) in [5.41, 5.74) is 0.944. The van der Waals surface area contributed by atoms with Crippen LogP contribution in [0.3, 0.4) is 0 Å². The molecule has 0 bridgehead atoms. The molecule has 0 aromatic heterocycles. The quantitative estimate of drug-likeness (QED) is 0.510. The fourth-order valence-electron chi connectivity index (χ4n) is 5.21. The third kappa shape index (κ3) is 5.85. The fraction of sp³-hybridized carbons (Fsp3) is 0.393. The summed E-state index contributed by atoms with van der Waals surface area (Å²) in [6.07, 6.45) is 0.939. The second kappa shape index (κ2) is 11.3. The minimum atomic E-state index is -3.63. The average Bonchev–Trinajstić information content (AvgIpc) is 2.94. The van der Waals surface area contributed by atoms with Gasteiger partial charge in [-0.3, -0.25) is 9.69 Å². The maximum absolute atomic E-state index is 13.5. The predicted octanol–water partition coefficient (Wildman–Crippen LogP) is 3.57. The Bertz CT molecular complexity index is 1340. The third-order valence-corrected chi connectivity index (χ3v) is 9.29. The molecule has 1 N–H and O–H groups in total. The molecule has 3 aromatic rings. The van der Waals surface area contributed by atoms with Crippen LogP contribution in [0.1, 0.15) is 24.4 Å². The lowest BCUT2D eigenvalue weighted by molar-refractivity contribution is -0.126. The SMILES string of the molecule is O=C(NC[C@@H](c1ccc(F)cc1)N1CCOCC1)C1CCN(S(=O)(=O)c2ccc3ccccc3c2)CC1. The number of ether oxygens (including phenoxy) is 1. The maximum atomic E-state index is 13.5. The van der Waals surface area contributed by atoms with Crippen molar-refractivity contribution in [1.82, 2.24) is 14.5 Å². The van der Waals surface area contributed by atoms with E-state index in [1.807, 2.05) is 30.3 Å². The molecule has 2 fully saturated rings. The van der Waals surface area contributed by atoms with Crippen molar-refractivity contribution < 1.29 is 22.3 Å². The summed E-state index contributed by atoms with van der Waals surface area (Å²) < 4.78 is 47.0. The minimum absolute atomic E-state index is 0.0666. The lowest BCUT2D eigenvalue weighted by Gasteiger charge is -2.35. The first-order chi connectivity index (χ1) is 17.9. The zero-order valence-corrected chi connectivity index (χ0v) is 21.5. The van der Waals surface area contributed by atoms with E-state index in [0.717, 1.165) is 29.4 Å². The number of piperidine rings is 1. The lowest BCUT2D eigenvalue weighted by Crippen LogP contribution is -2.46. The highest BCUT2D eigenvalue weighted by atomic mass is 32.2. The van der Waals surface area contributed by atoms with Crippen LogP contribution in [0.15, 0.2) is 71.6 Å². The highest BCUT2D eigenvalue weighted by molar-refractivity contribution is 7.89. The van der Waals surface area contributed by atoms with Crippen LogP contribution in [-0.2, 0) is 19.6 Å². The molecule has 2 heterocycles. The molecule has 2 aliphatic rings. The smallest absolute Gasteiger partial charge is 0.243 e. The van der Waals surface area contributed by atoms with Gasteiger partial charge in [0.25, 0.3) is 0 Å². The normalized spacial score (nSPS) is 19.1. The maximum Gasteiger partial charge on any atom is 0.243 e. The summed E-state index contributed by atoms with van der Waals surface area (Å²) in [6.45, 7) is 3.73. The minimum Gasteiger partial charge on any atom is -0.379 e. The van der Waals surface area contributed by atoms with Crippen LogP contribution in [0.5, 0.6) is 0 Å². The number of benzene rings is 3. The number of carbonyl (C=O) groups excluding carboxylic acids is 1. The second-order valence-electron chi connectivity index (χ2n) is 9.65. The molecule has 1 atom stereocenters. The van der Waals surface area contributed by atoms with Gasteiger partial charge in [0.1, 0.15) is 5.82 Å². The van der Waals surface area contributed by atoms with E-state index in [9.17, 15) is 17.6 Å². The molecule has 2 aliphatic heterocycles. The van der Waals surface area contributed by atoms with Gasteiger partial charge in [0.2, 0.25) is 15.9 Å². The van der Waals surface area contributed by atoms with Crippen molar-refractivity contribution in [1.29, 1.82) is 0 Å². The van der Waals surface area contributed by atoms with Crippen molar-refractivity contribution in [2.24, 2.45) is 5.92 Å². The average molecular weight is 526 g/mol. The number of nitrogens with zero attached hydrogens (tertiary/aromatic N) is 2. The predicted molar refractivity (Wildman–Crippen MR) is 140 cm³/mol. The summed E-state index contributed by atoms with van der Waals surface area (Å²) in [5, 5.41) is 4.96. The van der Waals surface area contributed by atoms with E-state index in [2.05, 4.69) is 10.2 Å². The summed E-state index contributed by atoms with van der Waals surface area (Å²) in [4.78, 5) is 15.6. The number of nitrogens with one attached hydrogen (secondary N) is 1.